The summed E-state index contributed by atoms with van der Waals surface area (Å²) in [5, 5.41) is 1.95. The van der Waals surface area contributed by atoms with Crippen molar-refractivity contribution >= 4 is 22.9 Å². The lowest BCUT2D eigenvalue weighted by Crippen LogP contribution is -2.06. The smallest absolute Gasteiger partial charge is 0.124 e. The van der Waals surface area contributed by atoms with E-state index < -0.39 is 11.2 Å². The van der Waals surface area contributed by atoms with Crippen molar-refractivity contribution in [2.75, 3.05) is 17.8 Å². The van der Waals surface area contributed by atoms with E-state index in [1.54, 1.807) is 17.8 Å². The van der Waals surface area contributed by atoms with E-state index in [2.05, 4.69) is 6.58 Å². The molecule has 0 aliphatic carbocycles. The third-order valence-electron chi connectivity index (χ3n) is 0.818. The molecule has 0 amide bonds. The Morgan fingerprint density at radius 3 is 2.80 bits per heavy atom. The Morgan fingerprint density at radius 2 is 2.30 bits per heavy atom. The van der Waals surface area contributed by atoms with E-state index in [0.717, 1.165) is 0 Å². The highest BCUT2D eigenvalue weighted by Gasteiger charge is 1.96. The summed E-state index contributed by atoms with van der Waals surface area (Å²) in [6, 6.07) is 0. The van der Waals surface area contributed by atoms with Crippen LogP contribution >= 0.6 is 11.8 Å². The fraction of sp³-hybridized carbons (Fsp3) is 0.429. The summed E-state index contributed by atoms with van der Waals surface area (Å²) in [7, 11) is 0. The van der Waals surface area contributed by atoms with Crippen LogP contribution in [0.4, 0.5) is 0 Å². The van der Waals surface area contributed by atoms with Crippen LogP contribution in [0.1, 0.15) is 0 Å². The average molecular weight is 176 g/mol. The van der Waals surface area contributed by atoms with E-state index in [1.807, 2.05) is 17.7 Å². The molecule has 0 fully saturated rings. The van der Waals surface area contributed by atoms with Crippen molar-refractivity contribution in [2.24, 2.45) is 0 Å². The van der Waals surface area contributed by atoms with E-state index in [0.29, 0.717) is 11.5 Å². The summed E-state index contributed by atoms with van der Waals surface area (Å²) < 4.78 is 10.9. The molecule has 1 nitrogen and oxygen atoms in total. The van der Waals surface area contributed by atoms with E-state index in [1.165, 1.54) is 0 Å². The number of thioether (sulfide) groups is 1. The molecule has 0 heterocycles. The van der Waals surface area contributed by atoms with Crippen LogP contribution in [-0.2, 0) is 11.2 Å². The van der Waals surface area contributed by atoms with Crippen LogP contribution in [0.2, 0.25) is 0 Å². The minimum absolute atomic E-state index is 0.596. The number of rotatable bonds is 5. The van der Waals surface area contributed by atoms with Crippen molar-refractivity contribution in [1.29, 1.82) is 0 Å². The maximum absolute atomic E-state index is 10.9. The molecule has 0 spiro atoms. The summed E-state index contributed by atoms with van der Waals surface area (Å²) >= 11 is 0.881. The van der Waals surface area contributed by atoms with Crippen molar-refractivity contribution < 1.29 is 4.55 Å². The van der Waals surface area contributed by atoms with Crippen molar-refractivity contribution in [3.8, 4) is 0 Å². The largest absolute Gasteiger partial charge is 0.616 e. The van der Waals surface area contributed by atoms with Gasteiger partial charge in [-0.15, -0.1) is 11.8 Å². The predicted molar refractivity (Wildman–Crippen MR) is 50.7 cm³/mol. The van der Waals surface area contributed by atoms with Crippen LogP contribution in [0.15, 0.2) is 24.1 Å². The molecule has 0 aromatic heterocycles. The molecule has 0 N–H and O–H groups in total. The van der Waals surface area contributed by atoms with E-state index in [-0.39, 0.29) is 0 Å². The standard InChI is InChI=1S/C7H12OS2/c1-3-6-10(8)7-4-5-9-2/h3-5H,1,6-7H2,2H3/b5-4+. The Labute approximate surface area is 69.8 Å². The van der Waals surface area contributed by atoms with Gasteiger partial charge in [0.2, 0.25) is 0 Å². The zero-order valence-corrected chi connectivity index (χ0v) is 7.71. The monoisotopic (exact) mass is 176 g/mol. The van der Waals surface area contributed by atoms with Crippen molar-refractivity contribution in [3.05, 3.63) is 24.1 Å². The van der Waals surface area contributed by atoms with Gasteiger partial charge < -0.3 is 4.55 Å². The van der Waals surface area contributed by atoms with E-state index in [4.69, 9.17) is 0 Å². The van der Waals surface area contributed by atoms with Gasteiger partial charge in [0.1, 0.15) is 11.5 Å². The third-order valence-corrected chi connectivity index (χ3v) is 2.45. The number of hydrogen-bond donors (Lipinski definition) is 0. The van der Waals surface area contributed by atoms with Gasteiger partial charge in [-0.3, -0.25) is 0 Å². The summed E-state index contributed by atoms with van der Waals surface area (Å²) in [5.41, 5.74) is 0. The molecule has 0 radical (unpaired) electrons. The van der Waals surface area contributed by atoms with Gasteiger partial charge in [0.05, 0.1) is 0 Å². The quantitative estimate of drug-likeness (QED) is 0.471. The maximum Gasteiger partial charge on any atom is 0.124 e. The van der Waals surface area contributed by atoms with Crippen molar-refractivity contribution in [2.45, 2.75) is 0 Å². The van der Waals surface area contributed by atoms with Crippen LogP contribution in [0.25, 0.3) is 0 Å². The van der Waals surface area contributed by atoms with Gasteiger partial charge in [-0.05, 0) is 35.0 Å². The second-order valence-corrected chi connectivity index (χ2v) is 3.96. The number of hydrogen-bond acceptors (Lipinski definition) is 2. The molecule has 10 heavy (non-hydrogen) atoms. The maximum atomic E-state index is 10.9. The Morgan fingerprint density at radius 1 is 1.60 bits per heavy atom. The lowest BCUT2D eigenvalue weighted by Gasteiger charge is -2.03. The van der Waals surface area contributed by atoms with Crippen LogP contribution in [0, 0.1) is 0 Å². The minimum Gasteiger partial charge on any atom is -0.616 e. The van der Waals surface area contributed by atoms with Gasteiger partial charge in [-0.25, -0.2) is 0 Å². The first kappa shape index (κ1) is 10.1. The zero-order chi connectivity index (χ0) is 7.82. The second kappa shape index (κ2) is 7.25. The molecule has 0 aliphatic rings. The summed E-state index contributed by atoms with van der Waals surface area (Å²) in [6.07, 6.45) is 5.58. The highest BCUT2D eigenvalue weighted by atomic mass is 32.2. The molecule has 0 aromatic carbocycles. The van der Waals surface area contributed by atoms with Crippen LogP contribution < -0.4 is 0 Å². The molecule has 58 valence electrons. The lowest BCUT2D eigenvalue weighted by atomic mass is 10.7. The van der Waals surface area contributed by atoms with Crippen LogP contribution in [-0.4, -0.2) is 22.3 Å². The normalized spacial score (nSPS) is 13.8. The van der Waals surface area contributed by atoms with E-state index >= 15 is 0 Å². The summed E-state index contributed by atoms with van der Waals surface area (Å²) in [5.74, 6) is 1.24. The Hall–Kier alpha value is 0.140. The molecule has 3 heteroatoms. The molecule has 0 rings (SSSR count). The fourth-order valence-corrected chi connectivity index (χ4v) is 1.56. The molecule has 0 saturated carbocycles. The Kier molecular flexibility index (Phi) is 7.35. The molecule has 0 aromatic rings. The molecule has 1 atom stereocenters. The highest BCUT2D eigenvalue weighted by Crippen LogP contribution is 1.96. The summed E-state index contributed by atoms with van der Waals surface area (Å²) in [6.45, 7) is 3.51. The Bertz CT molecular complexity index is 112. The predicted octanol–water partition coefficient (Wildman–Crippen LogP) is 1.80. The first-order chi connectivity index (χ1) is 4.81. The van der Waals surface area contributed by atoms with Crippen molar-refractivity contribution in [3.63, 3.8) is 0 Å². The molecule has 1 unspecified atom stereocenters. The van der Waals surface area contributed by atoms with Crippen molar-refractivity contribution in [1.82, 2.24) is 0 Å². The van der Waals surface area contributed by atoms with E-state index in [9.17, 15) is 4.55 Å². The van der Waals surface area contributed by atoms with Crippen LogP contribution in [0.3, 0.4) is 0 Å². The second-order valence-electron chi connectivity index (χ2n) is 1.67. The van der Waals surface area contributed by atoms with Gasteiger partial charge in [0, 0.05) is 0 Å². The lowest BCUT2D eigenvalue weighted by molar-refractivity contribution is 0.601. The fourth-order valence-electron chi connectivity index (χ4n) is 0.442. The molecule has 0 saturated heterocycles. The highest BCUT2D eigenvalue weighted by molar-refractivity contribution is 8.01. The van der Waals surface area contributed by atoms with Gasteiger partial charge >= 0.3 is 0 Å². The van der Waals surface area contributed by atoms with Crippen LogP contribution in [0.5, 0.6) is 0 Å². The molecule has 0 aliphatic heterocycles. The minimum atomic E-state index is -0.740. The van der Waals surface area contributed by atoms with Gasteiger partial charge in [0.25, 0.3) is 0 Å². The van der Waals surface area contributed by atoms with Gasteiger partial charge in [0.15, 0.2) is 0 Å². The third kappa shape index (κ3) is 6.26. The molecular weight excluding hydrogens is 164 g/mol. The SMILES string of the molecule is C=CC[S+]([O-])C/C=C/SC. The Balaban J connectivity index is 3.28. The molecule has 0 bridgehead atoms. The summed E-state index contributed by atoms with van der Waals surface area (Å²) in [4.78, 5) is 0. The first-order valence-corrected chi connectivity index (χ1v) is 5.72. The first-order valence-electron chi connectivity index (χ1n) is 2.95. The van der Waals surface area contributed by atoms with Gasteiger partial charge in [-0.2, -0.15) is 0 Å². The zero-order valence-electron chi connectivity index (χ0n) is 6.08. The van der Waals surface area contributed by atoms with Gasteiger partial charge in [-0.1, -0.05) is 6.58 Å². The molecular formula is C7H12OS2. The topological polar surface area (TPSA) is 23.1 Å². The average Bonchev–Trinajstić information content (AvgIpc) is 1.89.